The SMILES string of the molecule is CCCOC(=O)CNC1([C@H](Cc2ccc(OC(C)(C)C)cc2)NC(=O)OC(C)(C)C)COC1. The van der Waals surface area contributed by atoms with E-state index < -0.39 is 17.2 Å². The number of ether oxygens (including phenoxy) is 4. The molecule has 1 aromatic carbocycles. The molecule has 0 saturated carbocycles. The van der Waals surface area contributed by atoms with Crippen LogP contribution in [0.2, 0.25) is 0 Å². The molecule has 33 heavy (non-hydrogen) atoms. The van der Waals surface area contributed by atoms with Crippen LogP contribution < -0.4 is 15.4 Å². The summed E-state index contributed by atoms with van der Waals surface area (Å²) in [5.41, 5.74) is -0.505. The summed E-state index contributed by atoms with van der Waals surface area (Å²) in [4.78, 5) is 24.7. The fourth-order valence-electron chi connectivity index (χ4n) is 3.38. The lowest BCUT2D eigenvalue weighted by Crippen LogP contribution is -2.72. The Kier molecular flexibility index (Phi) is 9.14. The minimum atomic E-state index is -0.624. The van der Waals surface area contributed by atoms with Crippen LogP contribution in [0, 0.1) is 0 Å². The van der Waals surface area contributed by atoms with Crippen LogP contribution in [0.5, 0.6) is 5.75 Å². The van der Waals surface area contributed by atoms with E-state index >= 15 is 0 Å². The van der Waals surface area contributed by atoms with Gasteiger partial charge in [-0.05, 0) is 72.1 Å². The van der Waals surface area contributed by atoms with Gasteiger partial charge in [0.1, 0.15) is 17.0 Å². The standard InChI is InChI=1S/C25H40N2O6/c1-8-13-31-21(28)15-26-25(16-30-17-25)20(27-22(29)33-24(5,6)7)14-18-9-11-19(12-10-18)32-23(2,3)4/h9-12,20,26H,8,13-17H2,1-7H3,(H,27,29)/t20-/m0/s1. The van der Waals surface area contributed by atoms with Gasteiger partial charge >= 0.3 is 12.1 Å². The molecule has 186 valence electrons. The normalized spacial score (nSPS) is 16.3. The maximum absolute atomic E-state index is 12.6. The molecule has 2 rings (SSSR count). The molecule has 0 aliphatic carbocycles. The molecule has 1 amide bonds. The quantitative estimate of drug-likeness (QED) is 0.511. The zero-order chi connectivity index (χ0) is 24.7. The molecular weight excluding hydrogens is 424 g/mol. The predicted octanol–water partition coefficient (Wildman–Crippen LogP) is 3.61. The van der Waals surface area contributed by atoms with Gasteiger partial charge in [-0.25, -0.2) is 4.79 Å². The fraction of sp³-hybridized carbons (Fsp3) is 0.680. The molecule has 8 heteroatoms. The minimum absolute atomic E-state index is 0.0359. The van der Waals surface area contributed by atoms with Crippen molar-refractivity contribution in [3.63, 3.8) is 0 Å². The van der Waals surface area contributed by atoms with Gasteiger partial charge in [0.05, 0.1) is 37.9 Å². The third kappa shape index (κ3) is 9.21. The highest BCUT2D eigenvalue weighted by Gasteiger charge is 2.47. The first-order chi connectivity index (χ1) is 15.3. The van der Waals surface area contributed by atoms with Crippen molar-refractivity contribution >= 4 is 12.1 Å². The van der Waals surface area contributed by atoms with E-state index in [2.05, 4.69) is 10.6 Å². The molecule has 1 heterocycles. The number of carbonyl (C=O) groups is 2. The Balaban J connectivity index is 2.16. The molecule has 0 spiro atoms. The zero-order valence-electron chi connectivity index (χ0n) is 21.1. The summed E-state index contributed by atoms with van der Waals surface area (Å²) in [5, 5.41) is 6.28. The van der Waals surface area contributed by atoms with Crippen LogP contribution in [0.15, 0.2) is 24.3 Å². The van der Waals surface area contributed by atoms with Crippen molar-refractivity contribution in [2.45, 2.75) is 84.1 Å². The van der Waals surface area contributed by atoms with Gasteiger partial charge in [0, 0.05) is 0 Å². The molecule has 0 bridgehead atoms. The number of benzene rings is 1. The fourth-order valence-corrected chi connectivity index (χ4v) is 3.38. The van der Waals surface area contributed by atoms with Crippen molar-refractivity contribution in [2.75, 3.05) is 26.4 Å². The second-order valence-electron chi connectivity index (χ2n) is 10.5. The lowest BCUT2D eigenvalue weighted by molar-refractivity contribution is -0.145. The number of esters is 1. The molecule has 1 atom stereocenters. The first-order valence-corrected chi connectivity index (χ1v) is 11.6. The number of rotatable bonds is 10. The van der Waals surface area contributed by atoms with E-state index in [1.807, 2.05) is 72.7 Å². The largest absolute Gasteiger partial charge is 0.488 e. The van der Waals surface area contributed by atoms with Crippen molar-refractivity contribution in [1.29, 1.82) is 0 Å². The minimum Gasteiger partial charge on any atom is -0.488 e. The Morgan fingerprint density at radius 2 is 1.70 bits per heavy atom. The highest BCUT2D eigenvalue weighted by molar-refractivity contribution is 5.72. The number of hydrogen-bond acceptors (Lipinski definition) is 7. The zero-order valence-corrected chi connectivity index (χ0v) is 21.1. The number of hydrogen-bond donors (Lipinski definition) is 2. The Hall–Kier alpha value is -2.32. The molecule has 1 saturated heterocycles. The number of carbonyl (C=O) groups excluding carboxylic acids is 2. The molecule has 0 radical (unpaired) electrons. The van der Waals surface area contributed by atoms with Gasteiger partial charge in [0.15, 0.2) is 0 Å². The molecule has 1 aliphatic rings. The average Bonchev–Trinajstić information content (AvgIpc) is 2.64. The molecule has 2 N–H and O–H groups in total. The lowest BCUT2D eigenvalue weighted by Gasteiger charge is -2.47. The third-order valence-corrected chi connectivity index (χ3v) is 4.92. The van der Waals surface area contributed by atoms with Crippen LogP contribution in [0.4, 0.5) is 4.79 Å². The van der Waals surface area contributed by atoms with Crippen LogP contribution in [-0.4, -0.2) is 61.2 Å². The third-order valence-electron chi connectivity index (χ3n) is 4.92. The summed E-state index contributed by atoms with van der Waals surface area (Å²) in [6.45, 7) is 14.5. The Morgan fingerprint density at radius 3 is 2.18 bits per heavy atom. The number of amides is 1. The number of nitrogens with one attached hydrogen (secondary N) is 2. The van der Waals surface area contributed by atoms with E-state index in [1.54, 1.807) is 0 Å². The maximum Gasteiger partial charge on any atom is 0.407 e. The first-order valence-electron chi connectivity index (χ1n) is 11.6. The van der Waals surface area contributed by atoms with E-state index in [4.69, 9.17) is 18.9 Å². The summed E-state index contributed by atoms with van der Waals surface area (Å²) in [6, 6.07) is 7.44. The van der Waals surface area contributed by atoms with Gasteiger partial charge in [-0.15, -0.1) is 0 Å². The van der Waals surface area contributed by atoms with E-state index in [0.29, 0.717) is 26.2 Å². The van der Waals surface area contributed by atoms with Crippen molar-refractivity contribution in [3.05, 3.63) is 29.8 Å². The van der Waals surface area contributed by atoms with Gasteiger partial charge < -0.3 is 24.3 Å². The van der Waals surface area contributed by atoms with Gasteiger partial charge in [-0.1, -0.05) is 19.1 Å². The van der Waals surface area contributed by atoms with Crippen LogP contribution in [0.1, 0.15) is 60.5 Å². The topological polar surface area (TPSA) is 95.1 Å². The summed E-state index contributed by atoms with van der Waals surface area (Å²) in [6.07, 6.45) is 0.773. The van der Waals surface area contributed by atoms with E-state index in [0.717, 1.165) is 17.7 Å². The first kappa shape index (κ1) is 26.9. The molecule has 1 aliphatic heterocycles. The van der Waals surface area contributed by atoms with Crippen LogP contribution in [0.25, 0.3) is 0 Å². The monoisotopic (exact) mass is 464 g/mol. The van der Waals surface area contributed by atoms with E-state index in [-0.39, 0.29) is 24.2 Å². The molecule has 8 nitrogen and oxygen atoms in total. The summed E-state index contributed by atoms with van der Waals surface area (Å²) >= 11 is 0. The van der Waals surface area contributed by atoms with E-state index in [9.17, 15) is 9.59 Å². The van der Waals surface area contributed by atoms with Crippen molar-refractivity contribution in [3.8, 4) is 5.75 Å². The Labute approximate surface area is 197 Å². The molecule has 0 unspecified atom stereocenters. The van der Waals surface area contributed by atoms with Crippen molar-refractivity contribution in [1.82, 2.24) is 10.6 Å². The van der Waals surface area contributed by atoms with Crippen LogP contribution in [0.3, 0.4) is 0 Å². The molecule has 1 aromatic rings. The second kappa shape index (κ2) is 11.2. The maximum atomic E-state index is 12.6. The molecular formula is C25H40N2O6. The van der Waals surface area contributed by atoms with Crippen LogP contribution >= 0.6 is 0 Å². The second-order valence-corrected chi connectivity index (χ2v) is 10.5. The average molecular weight is 465 g/mol. The van der Waals surface area contributed by atoms with Gasteiger partial charge in [-0.3, -0.25) is 10.1 Å². The predicted molar refractivity (Wildman–Crippen MR) is 126 cm³/mol. The van der Waals surface area contributed by atoms with Gasteiger partial charge in [0.25, 0.3) is 0 Å². The summed E-state index contributed by atoms with van der Waals surface area (Å²) in [7, 11) is 0. The molecule has 0 aromatic heterocycles. The van der Waals surface area contributed by atoms with Crippen LogP contribution in [-0.2, 0) is 25.4 Å². The van der Waals surface area contributed by atoms with Gasteiger partial charge in [0.2, 0.25) is 0 Å². The van der Waals surface area contributed by atoms with Crippen molar-refractivity contribution in [2.24, 2.45) is 0 Å². The summed E-state index contributed by atoms with van der Waals surface area (Å²) in [5.74, 6) is 0.448. The lowest BCUT2D eigenvalue weighted by atomic mass is 9.83. The van der Waals surface area contributed by atoms with Gasteiger partial charge in [-0.2, -0.15) is 0 Å². The smallest absolute Gasteiger partial charge is 0.407 e. The Bertz CT molecular complexity index is 776. The highest BCUT2D eigenvalue weighted by atomic mass is 16.6. The van der Waals surface area contributed by atoms with E-state index in [1.165, 1.54) is 0 Å². The molecule has 1 fully saturated rings. The number of alkyl carbamates (subject to hydrolysis) is 1. The highest BCUT2D eigenvalue weighted by Crippen LogP contribution is 2.26. The Morgan fingerprint density at radius 1 is 1.06 bits per heavy atom. The van der Waals surface area contributed by atoms with Crippen molar-refractivity contribution < 1.29 is 28.5 Å². The summed E-state index contributed by atoms with van der Waals surface area (Å²) < 4.78 is 22.1.